The van der Waals surface area contributed by atoms with Crippen LogP contribution in [0.25, 0.3) is 0 Å². The number of likely N-dealkylation sites (N-methyl/N-ethyl adjacent to an activating group) is 1. The third kappa shape index (κ3) is 1.04. The molecule has 0 spiro atoms. The van der Waals surface area contributed by atoms with Crippen molar-refractivity contribution in [3.8, 4) is 0 Å². The standard InChI is InChI=1S/C9H18N2O/c1-8(2)5-4-6-9(8,11-3)7(10)12/h11H,4-6H2,1-3H3,(H2,10,12). The molecule has 1 aliphatic rings. The molecule has 3 nitrogen and oxygen atoms in total. The second-order valence-corrected chi connectivity index (χ2v) is 4.26. The van der Waals surface area contributed by atoms with Crippen molar-refractivity contribution in [3.05, 3.63) is 0 Å². The van der Waals surface area contributed by atoms with Gasteiger partial charge in [0.1, 0.15) is 5.54 Å². The Balaban J connectivity index is 3.00. The molecule has 1 unspecified atom stereocenters. The highest BCUT2D eigenvalue weighted by Gasteiger charge is 2.51. The molecule has 12 heavy (non-hydrogen) atoms. The number of rotatable bonds is 2. The monoisotopic (exact) mass is 170 g/mol. The van der Waals surface area contributed by atoms with Gasteiger partial charge in [-0.1, -0.05) is 20.3 Å². The van der Waals surface area contributed by atoms with Gasteiger partial charge < -0.3 is 11.1 Å². The molecular weight excluding hydrogens is 152 g/mol. The van der Waals surface area contributed by atoms with Gasteiger partial charge in [0.25, 0.3) is 0 Å². The molecule has 1 fully saturated rings. The van der Waals surface area contributed by atoms with E-state index in [2.05, 4.69) is 19.2 Å². The summed E-state index contributed by atoms with van der Waals surface area (Å²) >= 11 is 0. The first kappa shape index (κ1) is 9.52. The highest BCUT2D eigenvalue weighted by Crippen LogP contribution is 2.45. The molecule has 70 valence electrons. The molecule has 0 aliphatic heterocycles. The zero-order valence-corrected chi connectivity index (χ0v) is 8.11. The van der Waals surface area contributed by atoms with Crippen molar-refractivity contribution in [3.63, 3.8) is 0 Å². The molecule has 0 aromatic heterocycles. The van der Waals surface area contributed by atoms with E-state index >= 15 is 0 Å². The average Bonchev–Trinajstić information content (AvgIpc) is 2.25. The van der Waals surface area contributed by atoms with Crippen LogP contribution in [0.2, 0.25) is 0 Å². The van der Waals surface area contributed by atoms with E-state index in [0.717, 1.165) is 19.3 Å². The summed E-state index contributed by atoms with van der Waals surface area (Å²) in [4.78, 5) is 11.3. The zero-order chi connectivity index (χ0) is 9.41. The summed E-state index contributed by atoms with van der Waals surface area (Å²) in [6.45, 7) is 4.20. The van der Waals surface area contributed by atoms with Crippen LogP contribution >= 0.6 is 0 Å². The molecule has 0 aromatic rings. The number of nitrogens with one attached hydrogen (secondary N) is 1. The van der Waals surface area contributed by atoms with Crippen LogP contribution in [0.3, 0.4) is 0 Å². The van der Waals surface area contributed by atoms with E-state index in [1.54, 1.807) is 0 Å². The first-order valence-corrected chi connectivity index (χ1v) is 4.45. The normalized spacial score (nSPS) is 33.6. The molecular formula is C9H18N2O. The maximum absolute atomic E-state index is 11.3. The molecule has 1 amide bonds. The molecule has 0 radical (unpaired) electrons. The maximum atomic E-state index is 11.3. The Bertz CT molecular complexity index is 201. The van der Waals surface area contributed by atoms with E-state index in [1.807, 2.05) is 7.05 Å². The average molecular weight is 170 g/mol. The fourth-order valence-corrected chi connectivity index (χ4v) is 2.39. The Kier molecular flexibility index (Phi) is 2.17. The van der Waals surface area contributed by atoms with Crippen molar-refractivity contribution in [2.24, 2.45) is 11.1 Å². The van der Waals surface area contributed by atoms with Crippen molar-refractivity contribution in [2.45, 2.75) is 38.6 Å². The summed E-state index contributed by atoms with van der Waals surface area (Å²) in [7, 11) is 1.82. The van der Waals surface area contributed by atoms with Gasteiger partial charge in [0.2, 0.25) is 5.91 Å². The molecule has 1 aliphatic carbocycles. The minimum absolute atomic E-state index is 0.00637. The van der Waals surface area contributed by atoms with Gasteiger partial charge in [-0.05, 0) is 25.3 Å². The van der Waals surface area contributed by atoms with Crippen LogP contribution in [0, 0.1) is 5.41 Å². The van der Waals surface area contributed by atoms with Crippen LogP contribution in [0.5, 0.6) is 0 Å². The molecule has 1 atom stereocenters. The molecule has 3 heteroatoms. The summed E-state index contributed by atoms with van der Waals surface area (Å²) in [6, 6.07) is 0. The zero-order valence-electron chi connectivity index (χ0n) is 8.11. The molecule has 3 N–H and O–H groups in total. The van der Waals surface area contributed by atoms with Gasteiger partial charge in [-0.2, -0.15) is 0 Å². The highest BCUT2D eigenvalue weighted by molar-refractivity contribution is 5.86. The van der Waals surface area contributed by atoms with Crippen LogP contribution in [0.1, 0.15) is 33.1 Å². The largest absolute Gasteiger partial charge is 0.368 e. The van der Waals surface area contributed by atoms with Crippen molar-refractivity contribution < 1.29 is 4.79 Å². The number of hydrogen-bond donors (Lipinski definition) is 2. The second-order valence-electron chi connectivity index (χ2n) is 4.26. The fourth-order valence-electron chi connectivity index (χ4n) is 2.39. The lowest BCUT2D eigenvalue weighted by molar-refractivity contribution is -0.127. The number of hydrogen-bond acceptors (Lipinski definition) is 2. The Labute approximate surface area is 73.7 Å². The van der Waals surface area contributed by atoms with E-state index in [-0.39, 0.29) is 11.3 Å². The Hall–Kier alpha value is -0.570. The smallest absolute Gasteiger partial charge is 0.238 e. The Morgan fingerprint density at radius 2 is 2.00 bits per heavy atom. The van der Waals surface area contributed by atoms with Gasteiger partial charge >= 0.3 is 0 Å². The summed E-state index contributed by atoms with van der Waals surface area (Å²) in [5.74, 6) is -0.215. The summed E-state index contributed by atoms with van der Waals surface area (Å²) < 4.78 is 0. The molecule has 0 saturated heterocycles. The minimum Gasteiger partial charge on any atom is -0.368 e. The Morgan fingerprint density at radius 1 is 1.42 bits per heavy atom. The summed E-state index contributed by atoms with van der Waals surface area (Å²) in [5.41, 5.74) is 4.93. The molecule has 0 bridgehead atoms. The minimum atomic E-state index is -0.479. The van der Waals surface area contributed by atoms with E-state index in [4.69, 9.17) is 5.73 Å². The summed E-state index contributed by atoms with van der Waals surface area (Å²) in [5, 5.41) is 3.09. The third-order valence-electron chi connectivity index (χ3n) is 3.36. The fraction of sp³-hybridized carbons (Fsp3) is 0.889. The lowest BCUT2D eigenvalue weighted by Gasteiger charge is -2.38. The van der Waals surface area contributed by atoms with Gasteiger partial charge in [-0.15, -0.1) is 0 Å². The molecule has 1 rings (SSSR count). The number of carbonyl (C=O) groups is 1. The van der Waals surface area contributed by atoms with E-state index in [9.17, 15) is 4.79 Å². The quantitative estimate of drug-likeness (QED) is 0.639. The number of nitrogens with two attached hydrogens (primary N) is 1. The topological polar surface area (TPSA) is 55.1 Å². The van der Waals surface area contributed by atoms with Gasteiger partial charge in [0.15, 0.2) is 0 Å². The third-order valence-corrected chi connectivity index (χ3v) is 3.36. The van der Waals surface area contributed by atoms with Crippen LogP contribution in [0.15, 0.2) is 0 Å². The number of primary amides is 1. The van der Waals surface area contributed by atoms with Gasteiger partial charge in [0, 0.05) is 0 Å². The van der Waals surface area contributed by atoms with Gasteiger partial charge in [0.05, 0.1) is 0 Å². The van der Waals surface area contributed by atoms with Crippen molar-refractivity contribution in [1.82, 2.24) is 5.32 Å². The summed E-state index contributed by atoms with van der Waals surface area (Å²) in [6.07, 6.45) is 3.01. The molecule has 0 aromatic carbocycles. The first-order valence-electron chi connectivity index (χ1n) is 4.45. The van der Waals surface area contributed by atoms with Gasteiger partial charge in [-0.3, -0.25) is 4.79 Å². The van der Waals surface area contributed by atoms with E-state index < -0.39 is 5.54 Å². The molecule has 0 heterocycles. The van der Waals surface area contributed by atoms with Crippen LogP contribution in [0.4, 0.5) is 0 Å². The first-order chi connectivity index (χ1) is 5.46. The SMILES string of the molecule is CNC1(C(N)=O)CCCC1(C)C. The van der Waals surface area contributed by atoms with Crippen molar-refractivity contribution in [2.75, 3.05) is 7.05 Å². The van der Waals surface area contributed by atoms with Crippen molar-refractivity contribution >= 4 is 5.91 Å². The van der Waals surface area contributed by atoms with Crippen LogP contribution in [-0.2, 0) is 4.79 Å². The Morgan fingerprint density at radius 3 is 2.17 bits per heavy atom. The van der Waals surface area contributed by atoms with E-state index in [1.165, 1.54) is 0 Å². The van der Waals surface area contributed by atoms with Crippen molar-refractivity contribution in [1.29, 1.82) is 0 Å². The molecule has 1 saturated carbocycles. The van der Waals surface area contributed by atoms with Gasteiger partial charge in [-0.25, -0.2) is 0 Å². The number of amides is 1. The van der Waals surface area contributed by atoms with E-state index in [0.29, 0.717) is 0 Å². The lowest BCUT2D eigenvalue weighted by Crippen LogP contribution is -2.60. The number of carbonyl (C=O) groups excluding carboxylic acids is 1. The lowest BCUT2D eigenvalue weighted by atomic mass is 9.74. The highest BCUT2D eigenvalue weighted by atomic mass is 16.1. The second kappa shape index (κ2) is 2.73. The van der Waals surface area contributed by atoms with Crippen LogP contribution < -0.4 is 11.1 Å². The van der Waals surface area contributed by atoms with Crippen LogP contribution in [-0.4, -0.2) is 18.5 Å². The maximum Gasteiger partial charge on any atom is 0.238 e. The predicted octanol–water partition coefficient (Wildman–Crippen LogP) is 0.640. The predicted molar refractivity (Wildman–Crippen MR) is 48.6 cm³/mol.